The van der Waals surface area contributed by atoms with Gasteiger partial charge in [-0.15, -0.1) is 0 Å². The van der Waals surface area contributed by atoms with Gasteiger partial charge in [-0.3, -0.25) is 14.6 Å². The lowest BCUT2D eigenvalue weighted by Crippen LogP contribution is -2.61. The summed E-state index contributed by atoms with van der Waals surface area (Å²) in [7, 11) is -2.10. The average molecular weight is 767 g/mol. The highest BCUT2D eigenvalue weighted by atomic mass is 35.5. The van der Waals surface area contributed by atoms with Gasteiger partial charge in [-0.1, -0.05) is 36.7 Å². The van der Waals surface area contributed by atoms with E-state index in [-0.39, 0.29) is 17.3 Å². The number of fused-ring (bicyclic) bond motifs is 4. The second-order valence-corrected chi connectivity index (χ2v) is 19.2. The van der Waals surface area contributed by atoms with E-state index in [0.29, 0.717) is 36.3 Å². The molecular weight excluding hydrogens is 712 g/mol. The predicted molar refractivity (Wildman–Crippen MR) is 208 cm³/mol. The number of nitrogens with one attached hydrogen (secondary N) is 1. The van der Waals surface area contributed by atoms with Crippen molar-refractivity contribution in [1.29, 1.82) is 0 Å². The molecule has 10 nitrogen and oxygen atoms in total. The first-order valence-electron chi connectivity index (χ1n) is 19.6. The lowest BCUT2D eigenvalue weighted by molar-refractivity contribution is -0.107. The van der Waals surface area contributed by atoms with E-state index in [1.54, 1.807) is 13.0 Å². The second-order valence-electron chi connectivity index (χ2n) is 16.7. The first-order chi connectivity index (χ1) is 25.5. The normalized spacial score (nSPS) is 34.4. The van der Waals surface area contributed by atoms with Gasteiger partial charge in [0.1, 0.15) is 11.4 Å². The van der Waals surface area contributed by atoms with Gasteiger partial charge in [0.25, 0.3) is 5.91 Å². The minimum absolute atomic E-state index is 0.218. The summed E-state index contributed by atoms with van der Waals surface area (Å²) in [6.07, 6.45) is 10.1. The van der Waals surface area contributed by atoms with Gasteiger partial charge in [-0.05, 0) is 105 Å². The quantitative estimate of drug-likeness (QED) is 0.417. The third-order valence-corrected chi connectivity index (χ3v) is 15.8. The Kier molecular flexibility index (Phi) is 10.4. The van der Waals surface area contributed by atoms with Gasteiger partial charge >= 0.3 is 0 Å². The Hall–Kier alpha value is -2.67. The number of allylic oxidation sites excluding steroid dienone is 1. The topological polar surface area (TPSA) is 101 Å². The van der Waals surface area contributed by atoms with Crippen LogP contribution in [0.25, 0.3) is 0 Å². The van der Waals surface area contributed by atoms with Crippen molar-refractivity contribution in [3.63, 3.8) is 0 Å². The average Bonchev–Trinajstić information content (AvgIpc) is 3.25. The first-order valence-corrected chi connectivity index (χ1v) is 21.6. The molecule has 1 N–H and O–H groups in total. The maximum atomic E-state index is 13.7. The van der Waals surface area contributed by atoms with E-state index in [1.807, 2.05) is 32.2 Å². The number of amides is 1. The third-order valence-electron chi connectivity index (χ3n) is 13.6. The minimum Gasteiger partial charge on any atom is -0.490 e. The van der Waals surface area contributed by atoms with Crippen molar-refractivity contribution in [2.75, 3.05) is 77.6 Å². The highest BCUT2D eigenvalue weighted by Crippen LogP contribution is 2.49. The molecule has 12 heteroatoms. The van der Waals surface area contributed by atoms with Crippen LogP contribution in [-0.2, 0) is 31.3 Å². The summed E-state index contributed by atoms with van der Waals surface area (Å²) >= 11 is 6.51. The number of piperazine rings is 1. The first kappa shape index (κ1) is 37.3. The highest BCUT2D eigenvalue weighted by molar-refractivity contribution is 7.90. The van der Waals surface area contributed by atoms with Crippen LogP contribution in [0, 0.1) is 17.8 Å². The molecule has 1 amide bonds. The molecule has 1 saturated carbocycles. The monoisotopic (exact) mass is 766 g/mol. The Morgan fingerprint density at radius 1 is 1.06 bits per heavy atom. The van der Waals surface area contributed by atoms with E-state index < -0.39 is 26.8 Å². The van der Waals surface area contributed by atoms with Crippen LogP contribution in [0.3, 0.4) is 0 Å². The number of halogens is 1. The number of hydrogen-bond acceptors (Lipinski definition) is 9. The van der Waals surface area contributed by atoms with Gasteiger partial charge < -0.3 is 19.1 Å². The lowest BCUT2D eigenvalue weighted by atomic mass is 9.63. The fraction of sp³-hybridized carbons (Fsp3) is 0.634. The molecule has 4 aliphatic heterocycles. The highest BCUT2D eigenvalue weighted by Gasteiger charge is 2.50. The standard InChI is InChI=1S/C41H55ClN4O6S/c1-28-6-4-15-41(50-3,26-44-16-18-45(19-17-44)34-23-51-24-34)36-11-8-32(36)22-46-25-40(14-5-7-30-20-33(42)10-12-35(30)40)27-52-38-13-9-31(21-37(38)46)39(47)43-53(48,49)29(28)2/h4,9-10,12-13,15,20-21,28-29,32,34,36H,5-8,11,14,16-19,22-27H2,1-3H3,(H,43,47)/b15-4-/t28-,29+,32-,36+,40-,41+/m0/s1. The molecule has 0 aromatic heterocycles. The van der Waals surface area contributed by atoms with Gasteiger partial charge in [-0.25, -0.2) is 13.1 Å². The molecular formula is C41H55ClN4O6S. The van der Waals surface area contributed by atoms with Crippen LogP contribution in [-0.4, -0.2) is 114 Å². The SMILES string of the molecule is CO[C@@]1(CN2CCN(C3COC3)CC2)/C=C\C[C@H](C)[C@@H](C)S(=O)(=O)NC(=O)c2ccc3c(c2)N(C[C@@H]2CC[C@H]21)C[C@@]1(CCCc2cc(Cl)ccc21)CO3. The van der Waals surface area contributed by atoms with E-state index >= 15 is 0 Å². The molecule has 8 rings (SSSR count). The van der Waals surface area contributed by atoms with Gasteiger partial charge in [0.15, 0.2) is 0 Å². The summed E-state index contributed by atoms with van der Waals surface area (Å²) in [5.41, 5.74) is 2.91. The van der Waals surface area contributed by atoms with Crippen molar-refractivity contribution < 1.29 is 27.4 Å². The van der Waals surface area contributed by atoms with Crippen LogP contribution in [0.4, 0.5) is 5.69 Å². The molecule has 0 radical (unpaired) electrons. The number of carbonyl (C=O) groups excluding carboxylic acids is 1. The fourth-order valence-corrected chi connectivity index (χ4v) is 11.4. The second kappa shape index (κ2) is 14.8. The van der Waals surface area contributed by atoms with Gasteiger partial charge in [-0.2, -0.15) is 0 Å². The molecule has 2 aromatic rings. The third kappa shape index (κ3) is 7.15. The number of methoxy groups -OCH3 is 1. The number of nitrogens with zero attached hydrogens (tertiary/aromatic N) is 3. The van der Waals surface area contributed by atoms with Crippen LogP contribution in [0.2, 0.25) is 5.02 Å². The number of ether oxygens (including phenoxy) is 3. The predicted octanol–water partition coefficient (Wildman–Crippen LogP) is 5.29. The maximum absolute atomic E-state index is 13.7. The Labute approximate surface area is 320 Å². The van der Waals surface area contributed by atoms with E-state index in [0.717, 1.165) is 102 Å². The van der Waals surface area contributed by atoms with Crippen LogP contribution in [0.15, 0.2) is 48.6 Å². The van der Waals surface area contributed by atoms with Crippen molar-refractivity contribution in [2.24, 2.45) is 17.8 Å². The number of carbonyl (C=O) groups is 1. The zero-order valence-electron chi connectivity index (χ0n) is 31.4. The molecule has 6 atom stereocenters. The summed E-state index contributed by atoms with van der Waals surface area (Å²) in [6.45, 7) is 12.1. The maximum Gasteiger partial charge on any atom is 0.264 e. The molecule has 4 heterocycles. The van der Waals surface area contributed by atoms with Gasteiger partial charge in [0.05, 0.1) is 36.8 Å². The number of rotatable bonds is 4. The Morgan fingerprint density at radius 3 is 2.58 bits per heavy atom. The van der Waals surface area contributed by atoms with Crippen molar-refractivity contribution in [3.8, 4) is 5.75 Å². The summed E-state index contributed by atoms with van der Waals surface area (Å²) in [5.74, 6) is 0.486. The number of hydrogen-bond donors (Lipinski definition) is 1. The van der Waals surface area contributed by atoms with Crippen molar-refractivity contribution >= 4 is 33.2 Å². The molecule has 0 unspecified atom stereocenters. The van der Waals surface area contributed by atoms with Gasteiger partial charge in [0.2, 0.25) is 10.0 Å². The Morgan fingerprint density at radius 2 is 1.87 bits per heavy atom. The Balaban J connectivity index is 1.17. The molecule has 53 heavy (non-hydrogen) atoms. The van der Waals surface area contributed by atoms with Crippen LogP contribution >= 0.6 is 11.6 Å². The summed E-state index contributed by atoms with van der Waals surface area (Å²) in [4.78, 5) is 21.2. The summed E-state index contributed by atoms with van der Waals surface area (Å²) < 4.78 is 48.5. The van der Waals surface area contributed by atoms with E-state index in [1.165, 1.54) is 11.1 Å². The smallest absolute Gasteiger partial charge is 0.264 e. The molecule has 2 saturated heterocycles. The molecule has 2 aromatic carbocycles. The largest absolute Gasteiger partial charge is 0.490 e. The molecule has 3 fully saturated rings. The van der Waals surface area contributed by atoms with Gasteiger partial charge in [0, 0.05) is 68.9 Å². The number of sulfonamides is 1. The van der Waals surface area contributed by atoms with Crippen molar-refractivity contribution in [1.82, 2.24) is 14.5 Å². The zero-order valence-corrected chi connectivity index (χ0v) is 33.0. The van der Waals surface area contributed by atoms with E-state index in [4.69, 9.17) is 25.8 Å². The number of anilines is 1. The van der Waals surface area contributed by atoms with Crippen molar-refractivity contribution in [3.05, 3.63) is 70.3 Å². The van der Waals surface area contributed by atoms with Crippen LogP contribution in [0.1, 0.15) is 67.4 Å². The molecule has 2 aliphatic carbocycles. The molecule has 6 aliphatic rings. The van der Waals surface area contributed by atoms with Crippen LogP contribution < -0.4 is 14.4 Å². The Bertz CT molecular complexity index is 1830. The lowest BCUT2D eigenvalue weighted by Gasteiger charge is -2.52. The van der Waals surface area contributed by atoms with E-state index in [2.05, 4.69) is 43.7 Å². The van der Waals surface area contributed by atoms with E-state index in [9.17, 15) is 13.2 Å². The number of benzene rings is 2. The van der Waals surface area contributed by atoms with Crippen molar-refractivity contribution in [2.45, 2.75) is 74.7 Å². The summed E-state index contributed by atoms with van der Waals surface area (Å²) in [6, 6.07) is 12.2. The molecule has 1 spiro atoms. The fourth-order valence-electron chi connectivity index (χ4n) is 9.88. The minimum atomic E-state index is -3.95. The van der Waals surface area contributed by atoms with Crippen LogP contribution in [0.5, 0.6) is 5.75 Å². The zero-order chi connectivity index (χ0) is 37.0. The molecule has 2 bridgehead atoms. The molecule has 288 valence electrons. The summed E-state index contributed by atoms with van der Waals surface area (Å²) in [5, 5.41) is -0.0287. The number of aryl methyl sites for hydroxylation is 1.